The largest absolute Gasteiger partial charge is 0.405 e. The molecule has 0 bridgehead atoms. The van der Waals surface area contributed by atoms with Crippen LogP contribution < -0.4 is 10.0 Å². The van der Waals surface area contributed by atoms with Gasteiger partial charge in [0.15, 0.2) is 0 Å². The Labute approximate surface area is 77.7 Å². The molecule has 0 unspecified atom stereocenters. The number of rotatable bonds is 0. The first kappa shape index (κ1) is 6.84. The van der Waals surface area contributed by atoms with Crippen molar-refractivity contribution in [3.05, 3.63) is 48.6 Å². The van der Waals surface area contributed by atoms with Crippen molar-refractivity contribution in [2.75, 3.05) is 10.0 Å². The molecule has 0 aromatic heterocycles. The zero-order valence-corrected chi connectivity index (χ0v) is 7.14. The highest BCUT2D eigenvalue weighted by atomic mass is 15.2. The lowest BCUT2D eigenvalue weighted by Crippen LogP contribution is -2.36. The fourth-order valence-electron chi connectivity index (χ4n) is 1.83. The Kier molecular flexibility index (Phi) is 1.27. The van der Waals surface area contributed by atoms with Crippen molar-refractivity contribution in [2.45, 2.75) is 0 Å². The molecule has 2 nitrogen and oxygen atoms in total. The minimum atomic E-state index is 0.308. The number of para-hydroxylation sites is 2. The van der Waals surface area contributed by atoms with Crippen molar-refractivity contribution in [3.8, 4) is 0 Å². The number of hydrogen-bond donors (Lipinski definition) is 1. The van der Waals surface area contributed by atoms with Crippen molar-refractivity contribution in [1.29, 1.82) is 0 Å². The fraction of sp³-hybridized carbons (Fsp3) is 0. The molecule has 1 aromatic carbocycles. The molecule has 0 aliphatic carbocycles. The van der Waals surface area contributed by atoms with Crippen molar-refractivity contribution < 1.29 is 0 Å². The number of nitrogens with one attached hydrogen (secondary N) is 1. The van der Waals surface area contributed by atoms with Gasteiger partial charge in [0.05, 0.1) is 5.69 Å². The van der Waals surface area contributed by atoms with E-state index in [1.54, 1.807) is 0 Å². The number of allylic oxidation sites excluding steroid dienone is 2. The van der Waals surface area contributed by atoms with Gasteiger partial charge in [0.2, 0.25) is 0 Å². The van der Waals surface area contributed by atoms with Crippen LogP contribution in [0.25, 0.3) is 0 Å². The predicted octanol–water partition coefficient (Wildman–Crippen LogP) is 2.03. The topological polar surface area (TPSA) is 15.3 Å². The van der Waals surface area contributed by atoms with Crippen LogP contribution >= 0.6 is 0 Å². The maximum absolute atomic E-state index is 3.42. The maximum Gasteiger partial charge on any atom is 0.405 e. The summed E-state index contributed by atoms with van der Waals surface area (Å²) < 4.78 is 0. The van der Waals surface area contributed by atoms with E-state index in [0.29, 0.717) is 6.98 Å². The van der Waals surface area contributed by atoms with E-state index in [4.69, 9.17) is 0 Å². The van der Waals surface area contributed by atoms with E-state index in [0.717, 1.165) is 0 Å². The summed E-state index contributed by atoms with van der Waals surface area (Å²) in [6, 6.07) is 8.36. The molecular formula is C10H9BN2. The Morgan fingerprint density at radius 2 is 2.08 bits per heavy atom. The number of anilines is 2. The Balaban J connectivity index is 2.12. The quantitative estimate of drug-likeness (QED) is 0.596. The highest BCUT2D eigenvalue weighted by Gasteiger charge is 2.30. The molecule has 2 aliphatic rings. The third-order valence-corrected chi connectivity index (χ3v) is 2.44. The lowest BCUT2D eigenvalue weighted by molar-refractivity contribution is 1.42. The standard InChI is InChI=1S/C10H9BN2/c1-2-6-10-9(5-1)12-11-7-3-4-8-13(10)11/h1-8,12H. The summed E-state index contributed by atoms with van der Waals surface area (Å²) in [4.78, 5) is 2.23. The molecule has 13 heavy (non-hydrogen) atoms. The van der Waals surface area contributed by atoms with Gasteiger partial charge < -0.3 is 10.0 Å². The van der Waals surface area contributed by atoms with Crippen molar-refractivity contribution in [1.82, 2.24) is 0 Å². The Hall–Kier alpha value is -1.64. The molecule has 2 aliphatic heterocycles. The van der Waals surface area contributed by atoms with Crippen molar-refractivity contribution in [3.63, 3.8) is 0 Å². The summed E-state index contributed by atoms with van der Waals surface area (Å²) in [5.74, 6) is 2.15. The molecule has 0 saturated carbocycles. The van der Waals surface area contributed by atoms with Gasteiger partial charge in [0.1, 0.15) is 0 Å². The first-order valence-corrected chi connectivity index (χ1v) is 4.44. The molecule has 0 saturated heterocycles. The van der Waals surface area contributed by atoms with E-state index in [2.05, 4.69) is 58.6 Å². The normalized spacial score (nSPS) is 16.9. The molecular weight excluding hydrogens is 159 g/mol. The lowest BCUT2D eigenvalue weighted by atomic mass is 9.74. The number of fused-ring (bicyclic) bond motifs is 3. The van der Waals surface area contributed by atoms with Gasteiger partial charge in [0, 0.05) is 5.69 Å². The second-order valence-corrected chi connectivity index (χ2v) is 3.24. The highest BCUT2D eigenvalue weighted by Crippen LogP contribution is 2.33. The van der Waals surface area contributed by atoms with Crippen LogP contribution in [0.3, 0.4) is 0 Å². The summed E-state index contributed by atoms with van der Waals surface area (Å²) in [5, 5.41) is 3.42. The molecule has 1 N–H and O–H groups in total. The predicted molar refractivity (Wildman–Crippen MR) is 56.6 cm³/mol. The SMILES string of the molecule is C1=CB2Nc3ccccc3N2C=C1. The van der Waals surface area contributed by atoms with E-state index in [1.807, 2.05) is 0 Å². The van der Waals surface area contributed by atoms with E-state index in [9.17, 15) is 0 Å². The van der Waals surface area contributed by atoms with Crippen LogP contribution in [0.5, 0.6) is 0 Å². The molecule has 0 amide bonds. The molecule has 0 spiro atoms. The molecule has 0 atom stereocenters. The first-order chi connectivity index (χ1) is 6.45. The van der Waals surface area contributed by atoms with Gasteiger partial charge in [-0.3, -0.25) is 0 Å². The summed E-state index contributed by atoms with van der Waals surface area (Å²) in [6.45, 7) is 0.308. The van der Waals surface area contributed by atoms with Crippen LogP contribution in [0, 0.1) is 0 Å². The monoisotopic (exact) mass is 168 g/mol. The number of nitrogens with zero attached hydrogens (tertiary/aromatic N) is 1. The molecule has 62 valence electrons. The van der Waals surface area contributed by atoms with Gasteiger partial charge in [-0.15, -0.1) is 0 Å². The van der Waals surface area contributed by atoms with E-state index >= 15 is 0 Å². The van der Waals surface area contributed by atoms with E-state index < -0.39 is 0 Å². The van der Waals surface area contributed by atoms with Gasteiger partial charge in [-0.05, 0) is 24.4 Å². The summed E-state index contributed by atoms with van der Waals surface area (Å²) >= 11 is 0. The first-order valence-electron chi connectivity index (χ1n) is 4.44. The minimum Gasteiger partial charge on any atom is -0.404 e. The molecule has 1 aromatic rings. The van der Waals surface area contributed by atoms with E-state index in [1.165, 1.54) is 11.4 Å². The second kappa shape index (κ2) is 2.42. The average molecular weight is 168 g/mol. The van der Waals surface area contributed by atoms with Gasteiger partial charge >= 0.3 is 6.98 Å². The van der Waals surface area contributed by atoms with Crippen LogP contribution in [0.2, 0.25) is 0 Å². The van der Waals surface area contributed by atoms with Gasteiger partial charge in [-0.25, -0.2) is 0 Å². The van der Waals surface area contributed by atoms with Crippen LogP contribution in [0.1, 0.15) is 0 Å². The molecule has 3 heteroatoms. The van der Waals surface area contributed by atoms with Gasteiger partial charge in [-0.1, -0.05) is 24.2 Å². The molecule has 3 rings (SSSR count). The third kappa shape index (κ3) is 0.901. The third-order valence-electron chi connectivity index (χ3n) is 2.44. The van der Waals surface area contributed by atoms with E-state index in [-0.39, 0.29) is 0 Å². The lowest BCUT2D eigenvalue weighted by Gasteiger charge is -2.18. The summed E-state index contributed by atoms with van der Waals surface area (Å²) in [5.41, 5.74) is 2.47. The number of hydrogen-bond acceptors (Lipinski definition) is 2. The smallest absolute Gasteiger partial charge is 0.404 e. The Morgan fingerprint density at radius 3 is 3.08 bits per heavy atom. The number of benzene rings is 1. The van der Waals surface area contributed by atoms with Crippen LogP contribution in [0.4, 0.5) is 11.4 Å². The maximum atomic E-state index is 3.42. The van der Waals surface area contributed by atoms with Gasteiger partial charge in [-0.2, -0.15) is 0 Å². The van der Waals surface area contributed by atoms with Crippen molar-refractivity contribution in [2.24, 2.45) is 0 Å². The minimum absolute atomic E-state index is 0.308. The summed E-state index contributed by atoms with van der Waals surface area (Å²) in [7, 11) is 0. The highest BCUT2D eigenvalue weighted by molar-refractivity contribution is 6.74. The van der Waals surface area contributed by atoms with Crippen molar-refractivity contribution >= 4 is 18.4 Å². The second-order valence-electron chi connectivity index (χ2n) is 3.24. The van der Waals surface area contributed by atoms with Gasteiger partial charge in [0.25, 0.3) is 0 Å². The zero-order valence-electron chi connectivity index (χ0n) is 7.14. The fourth-order valence-corrected chi connectivity index (χ4v) is 1.83. The zero-order chi connectivity index (χ0) is 8.67. The Morgan fingerprint density at radius 1 is 1.15 bits per heavy atom. The van der Waals surface area contributed by atoms with Crippen LogP contribution in [0.15, 0.2) is 48.6 Å². The summed E-state index contributed by atoms with van der Waals surface area (Å²) in [6.07, 6.45) is 6.23. The molecule has 0 radical (unpaired) electrons. The molecule has 2 heterocycles. The van der Waals surface area contributed by atoms with Crippen LogP contribution in [-0.4, -0.2) is 6.98 Å². The Bertz CT molecular complexity index is 398. The average Bonchev–Trinajstić information content (AvgIpc) is 2.56. The van der Waals surface area contributed by atoms with Crippen LogP contribution in [-0.2, 0) is 0 Å². The molecule has 0 fully saturated rings.